The van der Waals surface area contributed by atoms with E-state index in [1.54, 1.807) is 0 Å². The first-order valence-corrected chi connectivity index (χ1v) is 10.5. The molecule has 3 N–H and O–H groups in total. The quantitative estimate of drug-likeness (QED) is 0.311. The predicted octanol–water partition coefficient (Wildman–Crippen LogP) is 1.55. The minimum Gasteiger partial charge on any atom is -0.480 e. The molecule has 33 heavy (non-hydrogen) atoms. The van der Waals surface area contributed by atoms with Gasteiger partial charge in [-0.05, 0) is 24.1 Å². The maximum Gasteiger partial charge on any atom is 0.327 e. The topological polar surface area (TPSA) is 150 Å². The van der Waals surface area contributed by atoms with Gasteiger partial charge < -0.3 is 10.2 Å². The molecule has 2 aromatic carbocycles. The lowest BCUT2D eigenvalue weighted by molar-refractivity contribution is -0.385. The van der Waals surface area contributed by atoms with Crippen LogP contribution in [0.15, 0.2) is 48.5 Å². The average molecular weight is 474 g/mol. The van der Waals surface area contributed by atoms with Crippen LogP contribution in [-0.2, 0) is 20.8 Å². The third-order valence-electron chi connectivity index (χ3n) is 6.36. The average Bonchev–Trinajstić information content (AvgIpc) is 3.27. The number of fused-ring (bicyclic) bond motifs is 1. The number of carbonyl (C=O) groups excluding carboxylic acids is 2. The molecule has 2 aliphatic rings. The van der Waals surface area contributed by atoms with E-state index in [4.69, 9.17) is 11.6 Å². The first-order chi connectivity index (χ1) is 15.7. The molecule has 2 amide bonds. The van der Waals surface area contributed by atoms with Gasteiger partial charge in [-0.15, -0.1) is 0 Å². The van der Waals surface area contributed by atoms with Gasteiger partial charge in [0.15, 0.2) is 5.54 Å². The zero-order valence-corrected chi connectivity index (χ0v) is 17.9. The number of benzene rings is 2. The largest absolute Gasteiger partial charge is 0.480 e. The SMILES string of the molecule is O=C1C2C(c3cc(Cl)ccc3[N+](=O)[O-])NC(CO)(C(=O)O)C2C(=O)N1CCc1ccccc1. The van der Waals surface area contributed by atoms with Crippen molar-refractivity contribution in [2.45, 2.75) is 18.0 Å². The van der Waals surface area contributed by atoms with Crippen LogP contribution in [0.4, 0.5) is 5.69 Å². The number of hydrogen-bond donors (Lipinski definition) is 3. The van der Waals surface area contributed by atoms with E-state index in [0.717, 1.165) is 16.5 Å². The van der Waals surface area contributed by atoms with Crippen LogP contribution in [0.1, 0.15) is 17.2 Å². The summed E-state index contributed by atoms with van der Waals surface area (Å²) < 4.78 is 0. The number of halogens is 1. The Balaban J connectivity index is 1.77. The summed E-state index contributed by atoms with van der Waals surface area (Å²) in [5.74, 6) is -5.61. The highest BCUT2D eigenvalue weighted by Gasteiger charge is 2.68. The Kier molecular flexibility index (Phi) is 5.91. The lowest BCUT2D eigenvalue weighted by Crippen LogP contribution is -2.58. The number of likely N-dealkylation sites (tertiary alicyclic amines) is 1. The molecule has 0 saturated carbocycles. The summed E-state index contributed by atoms with van der Waals surface area (Å²) >= 11 is 6.04. The molecule has 172 valence electrons. The second kappa shape index (κ2) is 8.54. The number of amides is 2. The molecule has 0 bridgehead atoms. The number of carboxylic acids is 1. The summed E-state index contributed by atoms with van der Waals surface area (Å²) in [6.45, 7) is -0.972. The number of carbonyl (C=O) groups is 3. The Morgan fingerprint density at radius 2 is 1.88 bits per heavy atom. The molecular weight excluding hydrogens is 454 g/mol. The highest BCUT2D eigenvalue weighted by Crippen LogP contribution is 2.50. The Bertz CT molecular complexity index is 1140. The van der Waals surface area contributed by atoms with Gasteiger partial charge >= 0.3 is 5.97 Å². The molecular formula is C22H20ClN3O7. The maximum atomic E-state index is 13.4. The van der Waals surface area contributed by atoms with Crippen molar-refractivity contribution < 1.29 is 29.5 Å². The first kappa shape index (κ1) is 22.8. The van der Waals surface area contributed by atoms with Gasteiger partial charge in [-0.2, -0.15) is 0 Å². The van der Waals surface area contributed by atoms with Crippen molar-refractivity contribution in [3.63, 3.8) is 0 Å². The number of nitro groups is 1. The molecule has 11 heteroatoms. The molecule has 4 unspecified atom stereocenters. The van der Waals surface area contributed by atoms with Gasteiger partial charge in [-0.25, -0.2) is 0 Å². The summed E-state index contributed by atoms with van der Waals surface area (Å²) in [5, 5.41) is 34.4. The van der Waals surface area contributed by atoms with Crippen molar-refractivity contribution in [2.75, 3.05) is 13.2 Å². The van der Waals surface area contributed by atoms with Crippen molar-refractivity contribution in [3.8, 4) is 0 Å². The summed E-state index contributed by atoms with van der Waals surface area (Å²) in [7, 11) is 0. The van der Waals surface area contributed by atoms with Gasteiger partial charge in [0.05, 0.1) is 29.4 Å². The number of nitrogens with zero attached hydrogens (tertiary/aromatic N) is 2. The molecule has 0 aromatic heterocycles. The highest BCUT2D eigenvalue weighted by molar-refractivity contribution is 6.30. The van der Waals surface area contributed by atoms with Crippen LogP contribution in [0, 0.1) is 22.0 Å². The zero-order valence-electron chi connectivity index (χ0n) is 17.2. The molecule has 2 heterocycles. The minimum absolute atomic E-state index is 0.0141. The van der Waals surface area contributed by atoms with E-state index in [2.05, 4.69) is 5.32 Å². The first-order valence-electron chi connectivity index (χ1n) is 10.2. The number of hydrogen-bond acceptors (Lipinski definition) is 7. The fraction of sp³-hybridized carbons (Fsp3) is 0.318. The molecule has 2 saturated heterocycles. The van der Waals surface area contributed by atoms with Crippen LogP contribution in [0.2, 0.25) is 5.02 Å². The number of nitrogens with one attached hydrogen (secondary N) is 1. The minimum atomic E-state index is -2.18. The Morgan fingerprint density at radius 1 is 1.18 bits per heavy atom. The van der Waals surface area contributed by atoms with E-state index < -0.39 is 52.7 Å². The van der Waals surface area contributed by atoms with Crippen LogP contribution in [0.3, 0.4) is 0 Å². The molecule has 0 aliphatic carbocycles. The number of aliphatic hydroxyl groups is 1. The third kappa shape index (κ3) is 3.65. The van der Waals surface area contributed by atoms with Gasteiger partial charge in [0.25, 0.3) is 5.69 Å². The van der Waals surface area contributed by atoms with Crippen LogP contribution >= 0.6 is 11.6 Å². The molecule has 2 aliphatic heterocycles. The molecule has 4 rings (SSSR count). The summed E-state index contributed by atoms with van der Waals surface area (Å²) in [4.78, 5) is 50.8. The second-order valence-corrected chi connectivity index (χ2v) is 8.52. The Labute approximate surface area is 192 Å². The monoisotopic (exact) mass is 473 g/mol. The number of aliphatic hydroxyl groups excluding tert-OH is 1. The smallest absolute Gasteiger partial charge is 0.327 e. The third-order valence-corrected chi connectivity index (χ3v) is 6.60. The van der Waals surface area contributed by atoms with Crippen LogP contribution < -0.4 is 5.32 Å². The van der Waals surface area contributed by atoms with Gasteiger partial charge in [0.2, 0.25) is 11.8 Å². The molecule has 0 spiro atoms. The molecule has 2 aromatic rings. The van der Waals surface area contributed by atoms with Crippen LogP contribution in [0.25, 0.3) is 0 Å². The van der Waals surface area contributed by atoms with Gasteiger partial charge in [-0.1, -0.05) is 41.9 Å². The van der Waals surface area contributed by atoms with E-state index >= 15 is 0 Å². The van der Waals surface area contributed by atoms with Crippen molar-refractivity contribution in [1.82, 2.24) is 10.2 Å². The van der Waals surface area contributed by atoms with E-state index in [0.29, 0.717) is 6.42 Å². The molecule has 0 radical (unpaired) electrons. The van der Waals surface area contributed by atoms with Crippen LogP contribution in [-0.4, -0.2) is 56.5 Å². The number of nitro benzene ring substituents is 1. The molecule has 2 fully saturated rings. The van der Waals surface area contributed by atoms with Gasteiger partial charge in [-0.3, -0.25) is 34.7 Å². The van der Waals surface area contributed by atoms with E-state index in [9.17, 15) is 34.7 Å². The lowest BCUT2D eigenvalue weighted by Gasteiger charge is -2.29. The normalized spacial score (nSPS) is 26.5. The molecule has 4 atom stereocenters. The predicted molar refractivity (Wildman–Crippen MR) is 115 cm³/mol. The fourth-order valence-electron chi connectivity index (χ4n) is 4.79. The number of aliphatic carboxylic acids is 1. The number of imide groups is 1. The van der Waals surface area contributed by atoms with Gasteiger partial charge in [0, 0.05) is 23.2 Å². The summed E-state index contributed by atoms with van der Waals surface area (Å²) in [6, 6.07) is 11.7. The summed E-state index contributed by atoms with van der Waals surface area (Å²) in [6.07, 6.45) is 0.354. The maximum absolute atomic E-state index is 13.4. The van der Waals surface area contributed by atoms with Gasteiger partial charge in [0.1, 0.15) is 0 Å². The number of rotatable bonds is 7. The number of carboxylic acid groups (broad SMARTS) is 1. The molecule has 10 nitrogen and oxygen atoms in total. The lowest BCUT2D eigenvalue weighted by atomic mass is 9.79. The zero-order chi connectivity index (χ0) is 23.9. The van der Waals surface area contributed by atoms with E-state index in [1.165, 1.54) is 12.1 Å². The Morgan fingerprint density at radius 3 is 2.48 bits per heavy atom. The van der Waals surface area contributed by atoms with Crippen LogP contribution in [0.5, 0.6) is 0 Å². The van der Waals surface area contributed by atoms with E-state index in [-0.39, 0.29) is 22.8 Å². The van der Waals surface area contributed by atoms with Crippen molar-refractivity contribution in [1.29, 1.82) is 0 Å². The standard InChI is InChI=1S/C22H20ClN3O7/c23-13-6-7-15(26(32)33)14(10-13)18-16-17(22(11-27,24-18)21(30)31)20(29)25(19(16)28)9-8-12-4-2-1-3-5-12/h1-7,10,16-18,24,27H,8-9,11H2,(H,30,31). The van der Waals surface area contributed by atoms with Crippen molar-refractivity contribution in [3.05, 3.63) is 74.8 Å². The Hall–Kier alpha value is -3.34. The fourth-order valence-corrected chi connectivity index (χ4v) is 4.97. The van der Waals surface area contributed by atoms with E-state index in [1.807, 2.05) is 30.3 Å². The van der Waals surface area contributed by atoms with Crippen molar-refractivity contribution >= 4 is 35.1 Å². The highest BCUT2D eigenvalue weighted by atomic mass is 35.5. The van der Waals surface area contributed by atoms with Crippen molar-refractivity contribution in [2.24, 2.45) is 11.8 Å². The second-order valence-electron chi connectivity index (χ2n) is 8.08. The summed E-state index contributed by atoms with van der Waals surface area (Å²) in [5.41, 5.74) is -1.70.